The molecule has 6 nitrogen and oxygen atoms in total. The van der Waals surface area contributed by atoms with Crippen molar-refractivity contribution in [2.45, 2.75) is 5.03 Å². The summed E-state index contributed by atoms with van der Waals surface area (Å²) in [6.07, 6.45) is 0. The average Bonchev–Trinajstić information content (AvgIpc) is 2.79. The largest absolute Gasteiger partial charge is 0.325 e. The van der Waals surface area contributed by atoms with Crippen molar-refractivity contribution in [1.29, 1.82) is 0 Å². The van der Waals surface area contributed by atoms with Crippen molar-refractivity contribution in [3.63, 3.8) is 0 Å². The lowest BCUT2D eigenvalue weighted by molar-refractivity contribution is -0.113. The second-order valence-corrected chi connectivity index (χ2v) is 7.55. The molecule has 2 amide bonds. The van der Waals surface area contributed by atoms with Crippen molar-refractivity contribution in [1.82, 2.24) is 10.2 Å². The van der Waals surface area contributed by atoms with Gasteiger partial charge in [0, 0.05) is 11.1 Å². The van der Waals surface area contributed by atoms with E-state index in [1.807, 2.05) is 42.5 Å². The van der Waals surface area contributed by atoms with E-state index in [1.165, 1.54) is 30.0 Å². The van der Waals surface area contributed by atoms with E-state index < -0.39 is 11.7 Å². The maximum Gasteiger partial charge on any atom is 0.259 e. The Hall–Kier alpha value is -3.78. The minimum absolute atomic E-state index is 0.0761. The van der Waals surface area contributed by atoms with Gasteiger partial charge >= 0.3 is 0 Å². The van der Waals surface area contributed by atoms with Crippen molar-refractivity contribution < 1.29 is 14.0 Å². The number of rotatable bonds is 6. The molecule has 0 aliphatic heterocycles. The number of nitrogens with one attached hydrogen (secondary N) is 2. The molecule has 0 spiro atoms. The molecule has 4 aromatic rings. The van der Waals surface area contributed by atoms with Gasteiger partial charge in [0.15, 0.2) is 5.82 Å². The van der Waals surface area contributed by atoms with Crippen molar-refractivity contribution in [2.24, 2.45) is 0 Å². The van der Waals surface area contributed by atoms with Crippen molar-refractivity contribution in [3.8, 4) is 0 Å². The zero-order chi connectivity index (χ0) is 21.6. The summed E-state index contributed by atoms with van der Waals surface area (Å²) in [5, 5.41) is 15.9. The van der Waals surface area contributed by atoms with Gasteiger partial charge in [0.25, 0.3) is 5.91 Å². The van der Waals surface area contributed by atoms with Crippen LogP contribution in [0.25, 0.3) is 10.8 Å². The molecule has 0 saturated carbocycles. The number of hydrogen-bond acceptors (Lipinski definition) is 5. The number of aromatic nitrogens is 2. The fraction of sp³-hybridized carbons (Fsp3) is 0.0435. The normalized spacial score (nSPS) is 10.6. The van der Waals surface area contributed by atoms with Crippen molar-refractivity contribution >= 4 is 45.9 Å². The van der Waals surface area contributed by atoms with E-state index in [0.29, 0.717) is 5.03 Å². The Bertz CT molecular complexity index is 1240. The number of benzene rings is 3. The third-order valence-electron chi connectivity index (χ3n) is 4.42. The monoisotopic (exact) mass is 432 g/mol. The average molecular weight is 432 g/mol. The van der Waals surface area contributed by atoms with Crippen molar-refractivity contribution in [3.05, 3.63) is 90.2 Å². The van der Waals surface area contributed by atoms with E-state index >= 15 is 0 Å². The van der Waals surface area contributed by atoms with Gasteiger partial charge < -0.3 is 10.6 Å². The molecule has 154 valence electrons. The molecule has 1 aromatic heterocycles. The molecule has 0 aliphatic carbocycles. The molecule has 1 heterocycles. The first-order valence-electron chi connectivity index (χ1n) is 9.40. The molecule has 0 fully saturated rings. The van der Waals surface area contributed by atoms with E-state index in [1.54, 1.807) is 18.2 Å². The Morgan fingerprint density at radius 2 is 1.61 bits per heavy atom. The summed E-state index contributed by atoms with van der Waals surface area (Å²) >= 11 is 1.22. The van der Waals surface area contributed by atoms with Gasteiger partial charge in [0.2, 0.25) is 5.91 Å². The summed E-state index contributed by atoms with van der Waals surface area (Å²) < 4.78 is 13.7. The van der Waals surface area contributed by atoms with Crippen LogP contribution in [0.15, 0.2) is 83.9 Å². The number of nitrogens with zero attached hydrogens (tertiary/aromatic N) is 2. The molecule has 3 aromatic carbocycles. The lowest BCUT2D eigenvalue weighted by Gasteiger charge is -2.08. The van der Waals surface area contributed by atoms with Gasteiger partial charge in [-0.25, -0.2) is 4.39 Å². The Labute approximate surface area is 181 Å². The first-order chi connectivity index (χ1) is 15.1. The van der Waals surface area contributed by atoms with Gasteiger partial charge in [-0.1, -0.05) is 60.3 Å². The Morgan fingerprint density at radius 1 is 0.839 bits per heavy atom. The molecule has 31 heavy (non-hydrogen) atoms. The highest BCUT2D eigenvalue weighted by atomic mass is 32.2. The van der Waals surface area contributed by atoms with Crippen LogP contribution in [0.2, 0.25) is 0 Å². The van der Waals surface area contributed by atoms with E-state index in [0.717, 1.165) is 16.5 Å². The molecule has 0 radical (unpaired) electrons. The molecular weight excluding hydrogens is 415 g/mol. The Morgan fingerprint density at radius 3 is 2.42 bits per heavy atom. The number of thioether (sulfide) groups is 1. The van der Waals surface area contributed by atoms with Crippen molar-refractivity contribution in [2.75, 3.05) is 16.4 Å². The molecule has 2 N–H and O–H groups in total. The van der Waals surface area contributed by atoms with Gasteiger partial charge in [-0.2, -0.15) is 0 Å². The Kier molecular flexibility index (Phi) is 6.18. The predicted molar refractivity (Wildman–Crippen MR) is 120 cm³/mol. The van der Waals surface area contributed by atoms with E-state index in [9.17, 15) is 14.0 Å². The summed E-state index contributed by atoms with van der Waals surface area (Å²) in [5.41, 5.74) is 0.675. The van der Waals surface area contributed by atoms with Gasteiger partial charge in [-0.3, -0.25) is 9.59 Å². The summed E-state index contributed by atoms with van der Waals surface area (Å²) in [6.45, 7) is 0. The predicted octanol–water partition coefficient (Wildman–Crippen LogP) is 4.75. The van der Waals surface area contributed by atoms with E-state index in [4.69, 9.17) is 0 Å². The summed E-state index contributed by atoms with van der Waals surface area (Å²) in [6, 6.07) is 22.4. The molecular formula is C23H17FN4O2S. The van der Waals surface area contributed by atoms with Gasteiger partial charge in [-0.05, 0) is 35.7 Å². The molecule has 0 bridgehead atoms. The van der Waals surface area contributed by atoms with E-state index in [2.05, 4.69) is 20.8 Å². The number of carbonyl (C=O) groups is 2. The topological polar surface area (TPSA) is 84.0 Å². The fourth-order valence-electron chi connectivity index (χ4n) is 2.95. The van der Waals surface area contributed by atoms with Crippen LogP contribution < -0.4 is 10.6 Å². The van der Waals surface area contributed by atoms with Crippen LogP contribution in [0.1, 0.15) is 10.4 Å². The second kappa shape index (κ2) is 9.36. The first kappa shape index (κ1) is 20.5. The lowest BCUT2D eigenvalue weighted by atomic mass is 10.1. The maximum atomic E-state index is 13.7. The zero-order valence-corrected chi connectivity index (χ0v) is 17.0. The number of hydrogen-bond donors (Lipinski definition) is 2. The molecule has 8 heteroatoms. The van der Waals surface area contributed by atoms with Gasteiger partial charge in [0.1, 0.15) is 10.8 Å². The number of fused-ring (bicyclic) bond motifs is 1. The van der Waals surface area contributed by atoms with Crippen LogP contribution in [-0.4, -0.2) is 27.8 Å². The molecule has 0 unspecified atom stereocenters. The summed E-state index contributed by atoms with van der Waals surface area (Å²) in [5.74, 6) is -1.05. The van der Waals surface area contributed by atoms with Gasteiger partial charge in [-0.15, -0.1) is 10.2 Å². The van der Waals surface area contributed by atoms with Crippen LogP contribution in [0.3, 0.4) is 0 Å². The number of anilines is 2. The van der Waals surface area contributed by atoms with Crippen LogP contribution >= 0.6 is 11.8 Å². The Balaban J connectivity index is 1.33. The highest BCUT2D eigenvalue weighted by molar-refractivity contribution is 7.99. The SMILES string of the molecule is O=C(CSc1ccc(NC(=O)c2ccccc2F)nn1)Nc1cccc2ccccc12. The highest BCUT2D eigenvalue weighted by Crippen LogP contribution is 2.23. The number of amides is 2. The standard InChI is InChI=1S/C23H17FN4O2S/c24-18-10-4-3-9-17(18)23(30)26-20-12-13-22(28-27-20)31-14-21(29)25-19-11-5-7-15-6-1-2-8-16(15)19/h1-13H,14H2,(H,25,29)(H,26,27,30). The molecule has 0 atom stereocenters. The fourth-order valence-corrected chi connectivity index (χ4v) is 3.57. The molecule has 0 aliphatic rings. The van der Waals surface area contributed by atoms with Crippen LogP contribution in [0, 0.1) is 5.82 Å². The highest BCUT2D eigenvalue weighted by Gasteiger charge is 2.12. The van der Waals surface area contributed by atoms with Crippen LogP contribution in [-0.2, 0) is 4.79 Å². The third-order valence-corrected chi connectivity index (χ3v) is 5.34. The zero-order valence-electron chi connectivity index (χ0n) is 16.2. The number of carbonyl (C=O) groups excluding carboxylic acids is 2. The maximum absolute atomic E-state index is 13.7. The lowest BCUT2D eigenvalue weighted by Crippen LogP contribution is -2.15. The summed E-state index contributed by atoms with van der Waals surface area (Å²) in [7, 11) is 0. The first-order valence-corrected chi connectivity index (χ1v) is 10.4. The molecule has 0 saturated heterocycles. The van der Waals surface area contributed by atoms with Gasteiger partial charge in [0.05, 0.1) is 11.3 Å². The van der Waals surface area contributed by atoms with Crippen LogP contribution in [0.5, 0.6) is 0 Å². The smallest absolute Gasteiger partial charge is 0.259 e. The quantitative estimate of drug-likeness (QED) is 0.430. The number of halogens is 1. The van der Waals surface area contributed by atoms with E-state index in [-0.39, 0.29) is 23.0 Å². The minimum atomic E-state index is -0.614. The third kappa shape index (κ3) is 5.04. The summed E-state index contributed by atoms with van der Waals surface area (Å²) in [4.78, 5) is 24.5. The second-order valence-electron chi connectivity index (χ2n) is 6.55. The van der Waals surface area contributed by atoms with Crippen LogP contribution in [0.4, 0.5) is 15.9 Å². The molecule has 4 rings (SSSR count). The minimum Gasteiger partial charge on any atom is -0.325 e.